The van der Waals surface area contributed by atoms with Crippen molar-refractivity contribution in [3.05, 3.63) is 29.8 Å². The first-order chi connectivity index (χ1) is 10.4. The van der Waals surface area contributed by atoms with E-state index < -0.39 is 17.1 Å². The Hall–Kier alpha value is -1.63. The van der Waals surface area contributed by atoms with Crippen molar-refractivity contribution in [2.45, 2.75) is 25.0 Å². The van der Waals surface area contributed by atoms with E-state index in [9.17, 15) is 10.3 Å². The van der Waals surface area contributed by atoms with E-state index in [1.807, 2.05) is 57.1 Å². The number of hydrogen-bond acceptors (Lipinski definition) is 5. The van der Waals surface area contributed by atoms with Gasteiger partial charge in [0.25, 0.3) is 0 Å². The van der Waals surface area contributed by atoms with E-state index in [4.69, 9.17) is 9.73 Å². The lowest BCUT2D eigenvalue weighted by Gasteiger charge is -2.44. The van der Waals surface area contributed by atoms with Crippen LogP contribution in [0.2, 0.25) is 0 Å². The van der Waals surface area contributed by atoms with Gasteiger partial charge >= 0.3 is 0 Å². The second-order valence-electron chi connectivity index (χ2n) is 6.60. The van der Waals surface area contributed by atoms with E-state index >= 15 is 0 Å². The SMILES string of the molecule is CN(C)C1=NC2(c3ccccc3OCC2CO)N([O])C1(C)C. The van der Waals surface area contributed by atoms with Gasteiger partial charge in [0.15, 0.2) is 5.66 Å². The molecule has 2 aliphatic rings. The zero-order valence-electron chi connectivity index (χ0n) is 13.4. The number of aliphatic hydroxyl groups excluding tert-OH is 1. The first-order valence-electron chi connectivity index (χ1n) is 7.44. The average molecular weight is 304 g/mol. The fraction of sp³-hybridized carbons (Fsp3) is 0.562. The monoisotopic (exact) mass is 304 g/mol. The summed E-state index contributed by atoms with van der Waals surface area (Å²) in [4.78, 5) is 6.69. The van der Waals surface area contributed by atoms with E-state index in [2.05, 4.69) is 0 Å². The van der Waals surface area contributed by atoms with Crippen LogP contribution in [0, 0.1) is 5.92 Å². The fourth-order valence-electron chi connectivity index (χ4n) is 3.54. The van der Waals surface area contributed by atoms with Crippen molar-refractivity contribution in [1.29, 1.82) is 0 Å². The molecule has 0 amide bonds. The van der Waals surface area contributed by atoms with Gasteiger partial charge in [0.05, 0.1) is 19.1 Å². The Kier molecular flexibility index (Phi) is 3.43. The highest BCUT2D eigenvalue weighted by Crippen LogP contribution is 2.51. The molecular weight excluding hydrogens is 282 g/mol. The van der Waals surface area contributed by atoms with Gasteiger partial charge in [0.2, 0.25) is 0 Å². The number of hydrogen-bond donors (Lipinski definition) is 1. The summed E-state index contributed by atoms with van der Waals surface area (Å²) in [5.41, 5.74) is -1.19. The minimum absolute atomic E-state index is 0.159. The van der Waals surface area contributed by atoms with E-state index in [0.717, 1.165) is 10.6 Å². The first kappa shape index (κ1) is 15.3. The van der Waals surface area contributed by atoms with Crippen LogP contribution in [0.3, 0.4) is 0 Å². The third-order valence-electron chi connectivity index (χ3n) is 4.58. The summed E-state index contributed by atoms with van der Waals surface area (Å²) in [5, 5.41) is 24.1. The molecule has 0 bridgehead atoms. The third-order valence-corrected chi connectivity index (χ3v) is 4.58. The highest BCUT2D eigenvalue weighted by atomic mass is 16.5. The molecule has 1 radical (unpaired) electrons. The number of ether oxygens (including phenoxy) is 1. The van der Waals surface area contributed by atoms with Crippen LogP contribution in [-0.4, -0.2) is 53.8 Å². The van der Waals surface area contributed by atoms with Crippen LogP contribution in [0.25, 0.3) is 0 Å². The Morgan fingerprint density at radius 2 is 2.09 bits per heavy atom. The number of amidine groups is 1. The lowest BCUT2D eigenvalue weighted by molar-refractivity contribution is -0.277. The maximum atomic E-state index is 13.3. The average Bonchev–Trinajstić information content (AvgIpc) is 2.70. The van der Waals surface area contributed by atoms with Crippen LogP contribution in [0.15, 0.2) is 29.3 Å². The number of para-hydroxylation sites is 1. The van der Waals surface area contributed by atoms with Crippen LogP contribution >= 0.6 is 0 Å². The summed E-state index contributed by atoms with van der Waals surface area (Å²) >= 11 is 0. The molecule has 119 valence electrons. The zero-order chi connectivity index (χ0) is 16.1. The Morgan fingerprint density at radius 1 is 1.41 bits per heavy atom. The number of likely N-dealkylation sites (N-methyl/N-ethyl adjacent to an activating group) is 1. The van der Waals surface area contributed by atoms with E-state index in [1.165, 1.54) is 0 Å². The van der Waals surface area contributed by atoms with Crippen molar-refractivity contribution in [1.82, 2.24) is 9.96 Å². The maximum Gasteiger partial charge on any atom is 0.178 e. The second kappa shape index (κ2) is 4.94. The number of fused-ring (bicyclic) bond motifs is 2. The lowest BCUT2D eigenvalue weighted by atomic mass is 9.83. The Balaban J connectivity index is 2.26. The molecule has 1 aromatic rings. The summed E-state index contributed by atoms with van der Waals surface area (Å²) in [5.74, 6) is 0.960. The summed E-state index contributed by atoms with van der Waals surface area (Å²) in [6.45, 7) is 3.83. The Morgan fingerprint density at radius 3 is 2.68 bits per heavy atom. The third kappa shape index (κ3) is 1.81. The number of benzene rings is 1. The van der Waals surface area contributed by atoms with Crippen molar-refractivity contribution >= 4 is 5.84 Å². The molecule has 0 aliphatic carbocycles. The molecular formula is C16H22N3O3. The standard InChI is InChI=1S/C16H22N3O3/c1-15(2)14(18(3)4)17-16(19(15)21)11(9-20)10-22-13-8-6-5-7-12(13)16/h5-8,11,20H,9-10H2,1-4H3. The van der Waals surface area contributed by atoms with Crippen molar-refractivity contribution < 1.29 is 15.1 Å². The number of hydroxylamine groups is 2. The maximum absolute atomic E-state index is 13.3. The smallest absolute Gasteiger partial charge is 0.178 e. The van der Waals surface area contributed by atoms with Crippen molar-refractivity contribution in [2.75, 3.05) is 27.3 Å². The quantitative estimate of drug-likeness (QED) is 0.847. The second-order valence-corrected chi connectivity index (χ2v) is 6.60. The molecule has 2 unspecified atom stereocenters. The molecule has 2 aliphatic heterocycles. The molecule has 1 N–H and O–H groups in total. The fourth-order valence-corrected chi connectivity index (χ4v) is 3.54. The van der Waals surface area contributed by atoms with E-state index in [-0.39, 0.29) is 13.2 Å². The van der Waals surface area contributed by atoms with Crippen LogP contribution in [-0.2, 0) is 10.9 Å². The predicted octanol–water partition coefficient (Wildman–Crippen LogP) is 1.24. The summed E-state index contributed by atoms with van der Waals surface area (Å²) in [7, 11) is 3.76. The molecule has 1 aromatic carbocycles. The van der Waals surface area contributed by atoms with Crippen LogP contribution < -0.4 is 4.74 Å². The van der Waals surface area contributed by atoms with Crippen molar-refractivity contribution in [3.63, 3.8) is 0 Å². The Bertz CT molecular complexity index is 614. The van der Waals surface area contributed by atoms with Gasteiger partial charge < -0.3 is 14.7 Å². The Labute approximate surface area is 130 Å². The van der Waals surface area contributed by atoms with Gasteiger partial charge in [0, 0.05) is 19.7 Å². The number of rotatable bonds is 1. The van der Waals surface area contributed by atoms with Gasteiger partial charge in [-0.25, -0.2) is 4.99 Å². The van der Waals surface area contributed by atoms with Crippen LogP contribution in [0.1, 0.15) is 19.4 Å². The van der Waals surface area contributed by atoms with Crippen LogP contribution in [0.5, 0.6) is 5.75 Å². The summed E-state index contributed by atoms with van der Waals surface area (Å²) in [6.07, 6.45) is 0. The zero-order valence-corrected chi connectivity index (χ0v) is 13.4. The number of nitrogens with zero attached hydrogens (tertiary/aromatic N) is 3. The topological polar surface area (TPSA) is 68.2 Å². The van der Waals surface area contributed by atoms with Crippen LogP contribution in [0.4, 0.5) is 0 Å². The molecule has 3 rings (SSSR count). The van der Waals surface area contributed by atoms with Gasteiger partial charge in [-0.2, -0.15) is 0 Å². The molecule has 0 saturated carbocycles. The van der Waals surface area contributed by atoms with Gasteiger partial charge in [-0.15, -0.1) is 10.3 Å². The van der Waals surface area contributed by atoms with E-state index in [1.54, 1.807) is 0 Å². The normalized spacial score (nSPS) is 29.9. The molecule has 6 heteroatoms. The first-order valence-corrected chi connectivity index (χ1v) is 7.44. The lowest BCUT2D eigenvalue weighted by Crippen LogP contribution is -2.57. The molecule has 1 spiro atoms. The highest BCUT2D eigenvalue weighted by Gasteiger charge is 2.61. The van der Waals surface area contributed by atoms with E-state index in [0.29, 0.717) is 11.6 Å². The molecule has 22 heavy (non-hydrogen) atoms. The summed E-state index contributed by atoms with van der Waals surface area (Å²) < 4.78 is 5.72. The highest BCUT2D eigenvalue weighted by molar-refractivity contribution is 5.92. The van der Waals surface area contributed by atoms with Gasteiger partial charge in [0.1, 0.15) is 17.1 Å². The minimum Gasteiger partial charge on any atom is -0.493 e. The van der Waals surface area contributed by atoms with Gasteiger partial charge in [-0.1, -0.05) is 18.2 Å². The molecule has 2 atom stereocenters. The van der Waals surface area contributed by atoms with Crippen molar-refractivity contribution in [3.8, 4) is 5.75 Å². The van der Waals surface area contributed by atoms with Crippen molar-refractivity contribution in [2.24, 2.45) is 10.9 Å². The minimum atomic E-state index is -1.13. The predicted molar refractivity (Wildman–Crippen MR) is 81.9 cm³/mol. The van der Waals surface area contributed by atoms with Gasteiger partial charge in [-0.05, 0) is 19.9 Å². The van der Waals surface area contributed by atoms with Gasteiger partial charge in [-0.3, -0.25) is 0 Å². The largest absolute Gasteiger partial charge is 0.493 e. The summed E-state index contributed by atoms with van der Waals surface area (Å²) in [6, 6.07) is 7.44. The molecule has 0 saturated heterocycles. The molecule has 0 fully saturated rings. The molecule has 6 nitrogen and oxygen atoms in total. The number of aliphatic imine (C=N–C) groups is 1. The molecule has 2 heterocycles. The number of aliphatic hydroxyl groups is 1. The molecule has 0 aromatic heterocycles.